The normalized spacial score (nSPS) is 24.6. The standard InChI is InChI=1S/C12H16ClNO4S2/c1-7(10-3-4-11(19-10)20(13,16)17)14-12(15)9-5-6-18-8(9)2/h3-4,7-9H,5-6H2,1-2H3,(H,14,15). The Balaban J connectivity index is 2.03. The number of nitrogens with one attached hydrogen (secondary N) is 1. The van der Waals surface area contributed by atoms with Gasteiger partial charge in [0.25, 0.3) is 9.05 Å². The monoisotopic (exact) mass is 337 g/mol. The van der Waals surface area contributed by atoms with Gasteiger partial charge in [0, 0.05) is 22.2 Å². The van der Waals surface area contributed by atoms with Gasteiger partial charge in [-0.3, -0.25) is 4.79 Å². The topological polar surface area (TPSA) is 72.5 Å². The van der Waals surface area contributed by atoms with Crippen molar-refractivity contribution < 1.29 is 17.9 Å². The van der Waals surface area contributed by atoms with Crippen LogP contribution in [0.1, 0.15) is 31.2 Å². The number of ether oxygens (including phenoxy) is 1. The molecule has 5 nitrogen and oxygen atoms in total. The summed E-state index contributed by atoms with van der Waals surface area (Å²) in [5, 5.41) is 2.89. The highest BCUT2D eigenvalue weighted by atomic mass is 35.7. The van der Waals surface area contributed by atoms with Gasteiger partial charge in [-0.25, -0.2) is 8.42 Å². The third kappa shape index (κ3) is 3.52. The molecule has 3 atom stereocenters. The van der Waals surface area contributed by atoms with Crippen LogP contribution in [0.15, 0.2) is 16.3 Å². The highest BCUT2D eigenvalue weighted by Gasteiger charge is 2.31. The van der Waals surface area contributed by atoms with Crippen LogP contribution in [0, 0.1) is 5.92 Å². The Morgan fingerprint density at radius 2 is 2.25 bits per heavy atom. The number of rotatable bonds is 4. The second kappa shape index (κ2) is 6.01. The molecule has 1 N–H and O–H groups in total. The molecule has 2 rings (SSSR count). The highest BCUT2D eigenvalue weighted by Crippen LogP contribution is 2.29. The molecular weight excluding hydrogens is 322 g/mol. The van der Waals surface area contributed by atoms with E-state index < -0.39 is 9.05 Å². The average molecular weight is 338 g/mol. The van der Waals surface area contributed by atoms with E-state index in [2.05, 4.69) is 5.32 Å². The van der Waals surface area contributed by atoms with Gasteiger partial charge in [0.15, 0.2) is 0 Å². The van der Waals surface area contributed by atoms with Crippen molar-refractivity contribution in [1.82, 2.24) is 5.32 Å². The first-order valence-corrected chi connectivity index (χ1v) is 9.38. The predicted octanol–water partition coefficient (Wildman–Crippen LogP) is 2.28. The van der Waals surface area contributed by atoms with E-state index in [4.69, 9.17) is 15.4 Å². The summed E-state index contributed by atoms with van der Waals surface area (Å²) in [6.45, 7) is 4.29. The minimum Gasteiger partial charge on any atom is -0.378 e. The summed E-state index contributed by atoms with van der Waals surface area (Å²) in [6, 6.07) is 2.86. The second-order valence-electron chi connectivity index (χ2n) is 4.80. The van der Waals surface area contributed by atoms with Crippen LogP contribution in [-0.2, 0) is 18.6 Å². The Bertz CT molecular complexity index is 598. The van der Waals surface area contributed by atoms with E-state index in [9.17, 15) is 13.2 Å². The SMILES string of the molecule is CC(NC(=O)C1CCOC1C)c1ccc(S(=O)(=O)Cl)s1. The summed E-state index contributed by atoms with van der Waals surface area (Å²) >= 11 is 1.07. The van der Waals surface area contributed by atoms with Crippen molar-refractivity contribution in [3.05, 3.63) is 17.0 Å². The van der Waals surface area contributed by atoms with E-state index in [0.29, 0.717) is 13.0 Å². The van der Waals surface area contributed by atoms with Crippen molar-refractivity contribution in [2.75, 3.05) is 6.61 Å². The molecule has 0 bridgehead atoms. The summed E-state index contributed by atoms with van der Waals surface area (Å²) < 4.78 is 27.9. The summed E-state index contributed by atoms with van der Waals surface area (Å²) in [7, 11) is 1.57. The first-order valence-electron chi connectivity index (χ1n) is 6.25. The van der Waals surface area contributed by atoms with Crippen LogP contribution in [0.25, 0.3) is 0 Å². The number of amides is 1. The molecule has 0 saturated carbocycles. The predicted molar refractivity (Wildman–Crippen MR) is 77.4 cm³/mol. The van der Waals surface area contributed by atoms with Gasteiger partial charge in [0.05, 0.1) is 18.1 Å². The lowest BCUT2D eigenvalue weighted by atomic mass is 10.0. The third-order valence-electron chi connectivity index (χ3n) is 3.34. The summed E-state index contributed by atoms with van der Waals surface area (Å²) in [4.78, 5) is 12.9. The van der Waals surface area contributed by atoms with Crippen molar-refractivity contribution >= 4 is 37.0 Å². The lowest BCUT2D eigenvalue weighted by Crippen LogP contribution is -2.35. The maximum Gasteiger partial charge on any atom is 0.270 e. The Morgan fingerprint density at radius 1 is 1.55 bits per heavy atom. The van der Waals surface area contributed by atoms with Crippen molar-refractivity contribution in [2.45, 2.75) is 36.6 Å². The van der Waals surface area contributed by atoms with E-state index >= 15 is 0 Å². The Labute approximate surface area is 126 Å². The molecule has 1 aromatic rings. The summed E-state index contributed by atoms with van der Waals surface area (Å²) in [6.07, 6.45) is 0.634. The molecule has 0 spiro atoms. The number of hydrogen-bond donors (Lipinski definition) is 1. The van der Waals surface area contributed by atoms with Crippen LogP contribution in [-0.4, -0.2) is 27.0 Å². The fraction of sp³-hybridized carbons (Fsp3) is 0.583. The number of carbonyl (C=O) groups excluding carboxylic acids is 1. The number of thiophene rings is 1. The molecule has 20 heavy (non-hydrogen) atoms. The van der Waals surface area contributed by atoms with Gasteiger partial charge in [0.2, 0.25) is 5.91 Å². The second-order valence-corrected chi connectivity index (χ2v) is 8.70. The Hall–Kier alpha value is -0.630. The highest BCUT2D eigenvalue weighted by molar-refractivity contribution is 8.15. The molecule has 3 unspecified atom stereocenters. The first-order chi connectivity index (χ1) is 9.29. The molecule has 1 aliphatic heterocycles. The van der Waals surface area contributed by atoms with Crippen molar-refractivity contribution in [2.24, 2.45) is 5.92 Å². The molecule has 112 valence electrons. The van der Waals surface area contributed by atoms with Crippen LogP contribution in [0.4, 0.5) is 0 Å². The molecule has 0 radical (unpaired) electrons. The molecule has 1 aliphatic rings. The fourth-order valence-corrected chi connectivity index (χ4v) is 4.26. The maximum atomic E-state index is 12.1. The average Bonchev–Trinajstić information content (AvgIpc) is 2.95. The zero-order valence-electron chi connectivity index (χ0n) is 11.1. The van der Waals surface area contributed by atoms with Crippen molar-refractivity contribution in [1.29, 1.82) is 0 Å². The van der Waals surface area contributed by atoms with Crippen molar-refractivity contribution in [3.63, 3.8) is 0 Å². The van der Waals surface area contributed by atoms with Crippen LogP contribution in [0.3, 0.4) is 0 Å². The first kappa shape index (κ1) is 15.8. The van der Waals surface area contributed by atoms with Crippen molar-refractivity contribution in [3.8, 4) is 0 Å². The van der Waals surface area contributed by atoms with Gasteiger partial charge < -0.3 is 10.1 Å². The minimum absolute atomic E-state index is 0.0637. The van der Waals surface area contributed by atoms with Gasteiger partial charge >= 0.3 is 0 Å². The Kier molecular flexibility index (Phi) is 4.73. The van der Waals surface area contributed by atoms with Crippen LogP contribution in [0.2, 0.25) is 0 Å². The molecule has 1 amide bonds. The van der Waals surface area contributed by atoms with Gasteiger partial charge in [-0.15, -0.1) is 11.3 Å². The summed E-state index contributed by atoms with van der Waals surface area (Å²) in [5.74, 6) is -0.208. The molecule has 1 saturated heterocycles. The van der Waals surface area contributed by atoms with Gasteiger partial charge in [0.1, 0.15) is 4.21 Å². The lowest BCUT2D eigenvalue weighted by molar-refractivity contribution is -0.127. The van der Waals surface area contributed by atoms with E-state index in [1.54, 1.807) is 6.07 Å². The van der Waals surface area contributed by atoms with Crippen LogP contribution < -0.4 is 5.32 Å². The van der Waals surface area contributed by atoms with Gasteiger partial charge in [-0.2, -0.15) is 0 Å². The van der Waals surface area contributed by atoms with Gasteiger partial charge in [-0.05, 0) is 32.4 Å². The maximum absolute atomic E-state index is 12.1. The van der Waals surface area contributed by atoms with Crippen LogP contribution >= 0.6 is 22.0 Å². The van der Waals surface area contributed by atoms with Gasteiger partial charge in [-0.1, -0.05) is 0 Å². The quantitative estimate of drug-likeness (QED) is 0.855. The molecule has 0 aromatic carbocycles. The number of hydrogen-bond acceptors (Lipinski definition) is 5. The minimum atomic E-state index is -3.71. The summed E-state index contributed by atoms with van der Waals surface area (Å²) in [5.41, 5.74) is 0. The number of carbonyl (C=O) groups is 1. The largest absolute Gasteiger partial charge is 0.378 e. The molecular formula is C12H16ClNO4S2. The molecule has 2 heterocycles. The molecule has 1 fully saturated rings. The Morgan fingerprint density at radius 3 is 2.75 bits per heavy atom. The van der Waals surface area contributed by atoms with E-state index in [1.165, 1.54) is 6.07 Å². The van der Waals surface area contributed by atoms with E-state index in [0.717, 1.165) is 16.2 Å². The molecule has 1 aromatic heterocycles. The third-order valence-corrected chi connectivity index (χ3v) is 6.70. The molecule has 0 aliphatic carbocycles. The number of halogens is 1. The van der Waals surface area contributed by atoms with Crippen LogP contribution in [0.5, 0.6) is 0 Å². The zero-order valence-corrected chi connectivity index (χ0v) is 13.5. The fourth-order valence-electron chi connectivity index (χ4n) is 2.17. The zero-order chi connectivity index (χ0) is 14.9. The smallest absolute Gasteiger partial charge is 0.270 e. The lowest BCUT2D eigenvalue weighted by Gasteiger charge is -2.18. The van der Waals surface area contributed by atoms with E-state index in [-0.39, 0.29) is 28.2 Å². The molecule has 8 heteroatoms. The van der Waals surface area contributed by atoms with E-state index in [1.807, 2.05) is 13.8 Å².